The minimum atomic E-state index is -0.584. The molecule has 1 N–H and O–H groups in total. The number of hydrogen-bond donors (Lipinski definition) is 1. The van der Waals surface area contributed by atoms with Gasteiger partial charge in [0.25, 0.3) is 11.5 Å². The van der Waals surface area contributed by atoms with Crippen molar-refractivity contribution < 1.29 is 14.0 Å². The molecule has 2 unspecified atom stereocenters. The summed E-state index contributed by atoms with van der Waals surface area (Å²) in [4.78, 5) is 41.1. The van der Waals surface area contributed by atoms with E-state index in [1.807, 2.05) is 30.3 Å². The fraction of sp³-hybridized carbons (Fsp3) is 0.267. The average Bonchev–Trinajstić information content (AvgIpc) is 3.71. The van der Waals surface area contributed by atoms with Gasteiger partial charge in [-0.15, -0.1) is 0 Å². The fourth-order valence-electron chi connectivity index (χ4n) is 6.28. The van der Waals surface area contributed by atoms with Crippen LogP contribution in [0.15, 0.2) is 65.5 Å². The number of carbonyl (C=O) groups excluding carboxylic acids is 2. The van der Waals surface area contributed by atoms with E-state index in [0.29, 0.717) is 36.0 Å². The standard InChI is InChI=1S/C30H24FN3O3/c31-23-11-8-16(15-24-19-5-1-2-6-20(19)29(36)33-32-24)14-22(23)30(37)34-13-12-17-4-3-7-21-25(17)27(34)26(28(21)35)18-9-10-18/h1-8,11,14,18,26-27H,9-10,12-13,15H2,(H,33,36). The molecule has 1 aliphatic heterocycles. The zero-order valence-electron chi connectivity index (χ0n) is 20.0. The van der Waals surface area contributed by atoms with Gasteiger partial charge in [0.05, 0.1) is 22.7 Å². The van der Waals surface area contributed by atoms with Crippen molar-refractivity contribution in [2.75, 3.05) is 6.54 Å². The van der Waals surface area contributed by atoms with Crippen molar-refractivity contribution in [3.63, 3.8) is 0 Å². The van der Waals surface area contributed by atoms with Crippen molar-refractivity contribution in [3.8, 4) is 0 Å². The first kappa shape index (κ1) is 22.1. The molecule has 2 aliphatic carbocycles. The molecule has 1 aromatic heterocycles. The zero-order chi connectivity index (χ0) is 25.3. The maximum absolute atomic E-state index is 15.1. The Kier molecular flexibility index (Phi) is 4.90. The van der Waals surface area contributed by atoms with E-state index in [2.05, 4.69) is 10.2 Å². The number of aromatic amines is 1. The highest BCUT2D eigenvalue weighted by atomic mass is 19.1. The van der Waals surface area contributed by atoms with Crippen LogP contribution in [0.5, 0.6) is 0 Å². The number of aromatic nitrogens is 2. The van der Waals surface area contributed by atoms with Crippen LogP contribution in [0.25, 0.3) is 10.8 Å². The van der Waals surface area contributed by atoms with E-state index >= 15 is 4.39 Å². The first-order valence-corrected chi connectivity index (χ1v) is 12.7. The highest BCUT2D eigenvalue weighted by molar-refractivity contribution is 6.05. The molecule has 37 heavy (non-hydrogen) atoms. The fourth-order valence-corrected chi connectivity index (χ4v) is 6.28. The van der Waals surface area contributed by atoms with Crippen LogP contribution in [-0.4, -0.2) is 33.3 Å². The molecule has 0 spiro atoms. The molecule has 3 aromatic carbocycles. The second-order valence-corrected chi connectivity index (χ2v) is 10.3. The second-order valence-electron chi connectivity index (χ2n) is 10.3. The van der Waals surface area contributed by atoms with Crippen LogP contribution < -0.4 is 5.56 Å². The van der Waals surface area contributed by atoms with Gasteiger partial charge in [0.15, 0.2) is 5.78 Å². The molecule has 0 bridgehead atoms. The van der Waals surface area contributed by atoms with Crippen molar-refractivity contribution in [2.45, 2.75) is 31.7 Å². The number of nitrogens with zero attached hydrogens (tertiary/aromatic N) is 2. The zero-order valence-corrected chi connectivity index (χ0v) is 20.0. The molecule has 1 saturated carbocycles. The van der Waals surface area contributed by atoms with E-state index in [1.165, 1.54) is 6.07 Å². The molecule has 7 rings (SSSR count). The predicted molar refractivity (Wildman–Crippen MR) is 136 cm³/mol. The molecule has 184 valence electrons. The molecule has 2 heterocycles. The lowest BCUT2D eigenvalue weighted by Crippen LogP contribution is -2.43. The number of ketones is 1. The first-order chi connectivity index (χ1) is 18.0. The van der Waals surface area contributed by atoms with Gasteiger partial charge < -0.3 is 4.90 Å². The van der Waals surface area contributed by atoms with Gasteiger partial charge in [0.1, 0.15) is 5.82 Å². The monoisotopic (exact) mass is 493 g/mol. The summed E-state index contributed by atoms with van der Waals surface area (Å²) >= 11 is 0. The van der Waals surface area contributed by atoms with E-state index < -0.39 is 5.82 Å². The van der Waals surface area contributed by atoms with Gasteiger partial charge in [0.2, 0.25) is 0 Å². The van der Waals surface area contributed by atoms with E-state index in [4.69, 9.17) is 0 Å². The Bertz CT molecular complexity index is 1670. The highest BCUT2D eigenvalue weighted by Gasteiger charge is 2.53. The number of hydrogen-bond acceptors (Lipinski definition) is 4. The first-order valence-electron chi connectivity index (χ1n) is 12.7. The molecule has 7 heteroatoms. The van der Waals surface area contributed by atoms with Crippen molar-refractivity contribution in [1.82, 2.24) is 15.1 Å². The SMILES string of the molecule is O=C1c2cccc3c2C(C1C1CC1)N(C(=O)c1cc(Cc2n[nH]c(=O)c4ccccc24)ccc1F)CC3. The summed E-state index contributed by atoms with van der Waals surface area (Å²) in [6.07, 6.45) is 2.95. The van der Waals surface area contributed by atoms with Gasteiger partial charge in [-0.1, -0.05) is 42.5 Å². The van der Waals surface area contributed by atoms with Gasteiger partial charge in [0, 0.05) is 29.8 Å². The molecular formula is C30H24FN3O3. The predicted octanol–water partition coefficient (Wildman–Crippen LogP) is 4.62. The summed E-state index contributed by atoms with van der Waals surface area (Å²) in [5, 5.41) is 8.01. The summed E-state index contributed by atoms with van der Waals surface area (Å²) in [7, 11) is 0. The number of amides is 1. The maximum Gasteiger partial charge on any atom is 0.272 e. The lowest BCUT2D eigenvalue weighted by Gasteiger charge is -2.38. The molecule has 1 fully saturated rings. The molecule has 6 nitrogen and oxygen atoms in total. The van der Waals surface area contributed by atoms with Gasteiger partial charge in [-0.3, -0.25) is 14.4 Å². The van der Waals surface area contributed by atoms with Crippen LogP contribution in [0.2, 0.25) is 0 Å². The lowest BCUT2D eigenvalue weighted by atomic mass is 9.87. The Hall–Kier alpha value is -4.13. The van der Waals surface area contributed by atoms with E-state index in [-0.39, 0.29) is 40.7 Å². The largest absolute Gasteiger partial charge is 0.330 e. The summed E-state index contributed by atoms with van der Waals surface area (Å²) in [5.41, 5.74) is 3.90. The van der Waals surface area contributed by atoms with Crippen molar-refractivity contribution >= 4 is 22.5 Å². The van der Waals surface area contributed by atoms with Crippen LogP contribution in [0.3, 0.4) is 0 Å². The Morgan fingerprint density at radius 1 is 1.03 bits per heavy atom. The van der Waals surface area contributed by atoms with Crippen LogP contribution in [0.1, 0.15) is 62.0 Å². The molecule has 0 radical (unpaired) electrons. The van der Waals surface area contributed by atoms with Crippen LogP contribution in [0.4, 0.5) is 4.39 Å². The summed E-state index contributed by atoms with van der Waals surface area (Å²) in [5.74, 6) is -0.816. The van der Waals surface area contributed by atoms with Gasteiger partial charge in [-0.2, -0.15) is 5.10 Å². The molecule has 3 aliphatic rings. The minimum Gasteiger partial charge on any atom is -0.330 e. The highest BCUT2D eigenvalue weighted by Crippen LogP contribution is 2.54. The van der Waals surface area contributed by atoms with Crippen molar-refractivity contribution in [1.29, 1.82) is 0 Å². The second kappa shape index (κ2) is 8.20. The number of H-pyrrole nitrogens is 1. The third-order valence-corrected chi connectivity index (χ3v) is 8.16. The summed E-state index contributed by atoms with van der Waals surface area (Å²) in [6, 6.07) is 17.3. The smallest absolute Gasteiger partial charge is 0.272 e. The number of rotatable bonds is 4. The minimum absolute atomic E-state index is 0.000979. The number of fused-ring (bicyclic) bond motifs is 1. The molecule has 0 saturated heterocycles. The average molecular weight is 494 g/mol. The van der Waals surface area contributed by atoms with Crippen LogP contribution in [-0.2, 0) is 12.8 Å². The number of carbonyl (C=O) groups is 2. The number of benzene rings is 3. The third-order valence-electron chi connectivity index (χ3n) is 8.16. The third kappa shape index (κ3) is 3.44. The number of nitrogens with one attached hydrogen (secondary N) is 1. The molecule has 1 amide bonds. The van der Waals surface area contributed by atoms with Crippen molar-refractivity contribution in [3.05, 3.63) is 110 Å². The Balaban J connectivity index is 1.26. The topological polar surface area (TPSA) is 83.1 Å². The molecule has 2 atom stereocenters. The summed E-state index contributed by atoms with van der Waals surface area (Å²) in [6.45, 7) is 0.451. The normalized spacial score (nSPS) is 20.4. The van der Waals surface area contributed by atoms with Crippen LogP contribution >= 0.6 is 0 Å². The van der Waals surface area contributed by atoms with Gasteiger partial charge in [-0.25, -0.2) is 9.49 Å². The maximum atomic E-state index is 15.1. The van der Waals surface area contributed by atoms with Crippen molar-refractivity contribution in [2.24, 2.45) is 11.8 Å². The Morgan fingerprint density at radius 2 is 1.84 bits per heavy atom. The number of halogens is 1. The molecule has 4 aromatic rings. The van der Waals surface area contributed by atoms with E-state index in [9.17, 15) is 14.4 Å². The van der Waals surface area contributed by atoms with E-state index in [0.717, 1.165) is 34.9 Å². The molecular weight excluding hydrogens is 469 g/mol. The van der Waals surface area contributed by atoms with Gasteiger partial charge >= 0.3 is 0 Å². The van der Waals surface area contributed by atoms with Crippen LogP contribution in [0, 0.1) is 17.7 Å². The quantitative estimate of drug-likeness (QED) is 0.450. The van der Waals surface area contributed by atoms with E-state index in [1.54, 1.807) is 29.2 Å². The van der Waals surface area contributed by atoms with Gasteiger partial charge in [-0.05, 0) is 60.1 Å². The Morgan fingerprint density at radius 3 is 2.65 bits per heavy atom. The lowest BCUT2D eigenvalue weighted by molar-refractivity contribution is 0.0558. The Labute approximate surface area is 212 Å². The summed E-state index contributed by atoms with van der Waals surface area (Å²) < 4.78 is 15.1. The number of Topliss-reactive ketones (excluding diaryl/α,β-unsaturated/α-hetero) is 1.